The van der Waals surface area contributed by atoms with Crippen molar-refractivity contribution >= 4 is 0 Å². The maximum absolute atomic E-state index is 11.2. The molecule has 0 bridgehead atoms. The number of hydrogen-bond acceptors (Lipinski definition) is 2. The van der Waals surface area contributed by atoms with Gasteiger partial charge in [-0.25, -0.2) is 0 Å². The van der Waals surface area contributed by atoms with Crippen LogP contribution in [-0.2, 0) is 4.74 Å². The van der Waals surface area contributed by atoms with Crippen molar-refractivity contribution in [2.75, 3.05) is 6.61 Å². The minimum atomic E-state index is -1.12. The third-order valence-corrected chi connectivity index (χ3v) is 7.83. The molecule has 0 aromatic carbocycles. The van der Waals surface area contributed by atoms with Crippen molar-refractivity contribution in [3.63, 3.8) is 0 Å². The highest BCUT2D eigenvalue weighted by molar-refractivity contribution is 5.40. The standard InChI is InChI=1S/C23H30O2/c1-5-23(24)15(3)13-21-20-9-7-16-14-17(25-6-2)8-10-18(16)19(20)11-12-22(21,23)4/h1,7,14,18-21,24H,3,6,8-13H2,2,4H3/t18?,19-,20-,21?,22+,23+/m1/s1. The molecular weight excluding hydrogens is 308 g/mol. The van der Waals surface area contributed by atoms with Crippen molar-refractivity contribution in [2.24, 2.45) is 29.1 Å². The van der Waals surface area contributed by atoms with Gasteiger partial charge in [-0.1, -0.05) is 25.5 Å². The molecule has 2 saturated carbocycles. The lowest BCUT2D eigenvalue weighted by atomic mass is 9.51. The van der Waals surface area contributed by atoms with Gasteiger partial charge in [-0.05, 0) is 79.9 Å². The van der Waals surface area contributed by atoms with E-state index in [2.05, 4.69) is 38.5 Å². The van der Waals surface area contributed by atoms with Gasteiger partial charge in [-0.3, -0.25) is 0 Å². The second-order valence-corrected chi connectivity index (χ2v) is 8.68. The highest BCUT2D eigenvalue weighted by Crippen LogP contribution is 2.65. The van der Waals surface area contributed by atoms with E-state index in [0.29, 0.717) is 23.7 Å². The van der Waals surface area contributed by atoms with Gasteiger partial charge >= 0.3 is 0 Å². The van der Waals surface area contributed by atoms with E-state index in [0.717, 1.165) is 50.0 Å². The van der Waals surface area contributed by atoms with Crippen LogP contribution in [0.15, 0.2) is 35.6 Å². The first-order valence-corrected chi connectivity index (χ1v) is 9.86. The third-order valence-electron chi connectivity index (χ3n) is 7.83. The number of hydrogen-bond donors (Lipinski definition) is 1. The Balaban J connectivity index is 1.65. The first kappa shape index (κ1) is 17.0. The largest absolute Gasteiger partial charge is 0.498 e. The second-order valence-electron chi connectivity index (χ2n) is 8.68. The molecule has 2 fully saturated rings. The molecule has 25 heavy (non-hydrogen) atoms. The summed E-state index contributed by atoms with van der Waals surface area (Å²) >= 11 is 0. The zero-order valence-electron chi connectivity index (χ0n) is 15.6. The van der Waals surface area contributed by atoms with Crippen LogP contribution in [-0.4, -0.2) is 17.3 Å². The maximum atomic E-state index is 11.2. The van der Waals surface area contributed by atoms with Gasteiger partial charge in [-0.2, -0.15) is 0 Å². The van der Waals surface area contributed by atoms with Crippen LogP contribution in [0.2, 0.25) is 0 Å². The smallest absolute Gasteiger partial charge is 0.152 e. The summed E-state index contributed by atoms with van der Waals surface area (Å²) in [6, 6.07) is 0. The number of allylic oxidation sites excluding steroid dienone is 4. The molecule has 4 aliphatic carbocycles. The van der Waals surface area contributed by atoms with Crippen LogP contribution in [0.25, 0.3) is 0 Å². The van der Waals surface area contributed by atoms with E-state index in [4.69, 9.17) is 11.2 Å². The lowest BCUT2D eigenvalue weighted by molar-refractivity contribution is -0.0717. The Hall–Kier alpha value is -1.46. The normalized spacial score (nSPS) is 45.4. The van der Waals surface area contributed by atoms with E-state index in [1.807, 2.05) is 0 Å². The van der Waals surface area contributed by atoms with Crippen LogP contribution in [0.4, 0.5) is 0 Å². The molecule has 2 heteroatoms. The Labute approximate surface area is 152 Å². The molecular formula is C23H30O2. The van der Waals surface area contributed by atoms with Gasteiger partial charge in [0.1, 0.15) is 0 Å². The van der Waals surface area contributed by atoms with Gasteiger partial charge in [0.15, 0.2) is 5.60 Å². The maximum Gasteiger partial charge on any atom is 0.152 e. The molecule has 0 aromatic heterocycles. The van der Waals surface area contributed by atoms with Crippen LogP contribution >= 0.6 is 0 Å². The van der Waals surface area contributed by atoms with Crippen molar-refractivity contribution in [3.8, 4) is 12.3 Å². The van der Waals surface area contributed by atoms with E-state index >= 15 is 0 Å². The minimum absolute atomic E-state index is 0.216. The first-order valence-electron chi connectivity index (χ1n) is 9.86. The summed E-state index contributed by atoms with van der Waals surface area (Å²) in [4.78, 5) is 0. The Morgan fingerprint density at radius 3 is 2.92 bits per heavy atom. The fourth-order valence-electron chi connectivity index (χ4n) is 6.46. The van der Waals surface area contributed by atoms with Gasteiger partial charge in [0, 0.05) is 11.8 Å². The summed E-state index contributed by atoms with van der Waals surface area (Å²) < 4.78 is 5.76. The summed E-state index contributed by atoms with van der Waals surface area (Å²) in [6.45, 7) is 9.18. The molecule has 4 rings (SSSR count). The van der Waals surface area contributed by atoms with Crippen LogP contribution in [0.1, 0.15) is 52.4 Å². The first-order chi connectivity index (χ1) is 11.9. The molecule has 2 nitrogen and oxygen atoms in total. The van der Waals surface area contributed by atoms with Crippen molar-refractivity contribution in [1.82, 2.24) is 0 Å². The summed E-state index contributed by atoms with van der Waals surface area (Å²) in [6.07, 6.45) is 16.9. The van der Waals surface area contributed by atoms with Gasteiger partial charge < -0.3 is 9.84 Å². The van der Waals surface area contributed by atoms with Gasteiger partial charge in [0.05, 0.1) is 12.4 Å². The molecule has 0 radical (unpaired) electrons. The van der Waals surface area contributed by atoms with Crippen LogP contribution < -0.4 is 0 Å². The number of rotatable bonds is 2. The van der Waals surface area contributed by atoms with Crippen LogP contribution in [0.3, 0.4) is 0 Å². The van der Waals surface area contributed by atoms with Crippen molar-refractivity contribution in [3.05, 3.63) is 35.6 Å². The fraction of sp³-hybridized carbons (Fsp3) is 0.652. The highest BCUT2D eigenvalue weighted by atomic mass is 16.5. The zero-order valence-corrected chi connectivity index (χ0v) is 15.6. The predicted octanol–water partition coefficient (Wildman–Crippen LogP) is 4.62. The molecule has 6 atom stereocenters. The number of fused-ring (bicyclic) bond motifs is 5. The van der Waals surface area contributed by atoms with Gasteiger partial charge in [0.2, 0.25) is 0 Å². The molecule has 0 spiro atoms. The Bertz CT molecular complexity index is 693. The topological polar surface area (TPSA) is 29.5 Å². The lowest BCUT2D eigenvalue weighted by Crippen LogP contribution is -2.52. The quantitative estimate of drug-likeness (QED) is 0.588. The van der Waals surface area contributed by atoms with E-state index < -0.39 is 5.60 Å². The molecule has 0 amide bonds. The average Bonchev–Trinajstić information content (AvgIpc) is 2.82. The molecule has 134 valence electrons. The Morgan fingerprint density at radius 2 is 2.20 bits per heavy atom. The number of terminal acetylenes is 1. The zero-order chi connectivity index (χ0) is 17.8. The predicted molar refractivity (Wildman–Crippen MR) is 100 cm³/mol. The SMILES string of the molecule is C#C[C@]1(O)C(=C)CC2[C@@H]3CC=C4C=C(OCC)CCC4[C@H]3CC[C@@]21C. The molecule has 0 heterocycles. The Morgan fingerprint density at radius 1 is 1.40 bits per heavy atom. The lowest BCUT2D eigenvalue weighted by Gasteiger charge is -2.53. The van der Waals surface area contributed by atoms with E-state index in [1.54, 1.807) is 0 Å². The third kappa shape index (κ3) is 2.21. The van der Waals surface area contributed by atoms with Crippen molar-refractivity contribution < 1.29 is 9.84 Å². The molecule has 2 unspecified atom stereocenters. The summed E-state index contributed by atoms with van der Waals surface area (Å²) in [5.41, 5.74) is 1.01. The Kier molecular flexibility index (Phi) is 3.92. The van der Waals surface area contributed by atoms with Crippen molar-refractivity contribution in [2.45, 2.75) is 58.0 Å². The monoisotopic (exact) mass is 338 g/mol. The fourth-order valence-corrected chi connectivity index (χ4v) is 6.46. The summed E-state index contributed by atoms with van der Waals surface area (Å²) in [7, 11) is 0. The second kappa shape index (κ2) is 5.78. The highest BCUT2D eigenvalue weighted by Gasteiger charge is 2.63. The van der Waals surface area contributed by atoms with Gasteiger partial charge in [-0.15, -0.1) is 6.42 Å². The van der Waals surface area contributed by atoms with Crippen LogP contribution in [0.5, 0.6) is 0 Å². The van der Waals surface area contributed by atoms with E-state index in [9.17, 15) is 5.11 Å². The van der Waals surface area contributed by atoms with E-state index in [-0.39, 0.29) is 5.41 Å². The summed E-state index contributed by atoms with van der Waals surface area (Å²) in [5, 5.41) is 11.2. The number of aliphatic hydroxyl groups is 1. The summed E-state index contributed by atoms with van der Waals surface area (Å²) in [5.74, 6) is 6.31. The molecule has 1 N–H and O–H groups in total. The average molecular weight is 338 g/mol. The van der Waals surface area contributed by atoms with E-state index in [1.165, 1.54) is 12.0 Å². The molecule has 4 aliphatic rings. The van der Waals surface area contributed by atoms with Gasteiger partial charge in [0.25, 0.3) is 0 Å². The molecule has 0 aliphatic heterocycles. The molecule has 0 saturated heterocycles. The van der Waals surface area contributed by atoms with Crippen LogP contribution in [0, 0.1) is 41.4 Å². The number of ether oxygens (including phenoxy) is 1. The van der Waals surface area contributed by atoms with Crippen molar-refractivity contribution in [1.29, 1.82) is 0 Å². The minimum Gasteiger partial charge on any atom is -0.498 e. The molecule has 0 aromatic rings.